The maximum Gasteiger partial charge on any atom is 0.303 e. The highest BCUT2D eigenvalue weighted by Crippen LogP contribution is 2.36. The van der Waals surface area contributed by atoms with Crippen LogP contribution in [0.4, 0.5) is 4.39 Å². The largest absolute Gasteiger partial charge is 0.496 e. The Hall–Kier alpha value is -3.26. The minimum absolute atomic E-state index is 0.295. The Morgan fingerprint density at radius 1 is 1.24 bits per heavy atom. The van der Waals surface area contributed by atoms with Gasteiger partial charge in [-0.1, -0.05) is 6.08 Å². The van der Waals surface area contributed by atoms with Crippen LogP contribution in [0.1, 0.15) is 44.2 Å². The van der Waals surface area contributed by atoms with Crippen molar-refractivity contribution in [3.63, 3.8) is 0 Å². The molecular formula is C26H29FN4O3. The van der Waals surface area contributed by atoms with Gasteiger partial charge in [0.25, 0.3) is 0 Å². The first-order valence-electron chi connectivity index (χ1n) is 11.8. The molecule has 5 rings (SSSR count). The Kier molecular flexibility index (Phi) is 6.32. The van der Waals surface area contributed by atoms with Gasteiger partial charge >= 0.3 is 5.97 Å². The van der Waals surface area contributed by atoms with E-state index in [1.807, 2.05) is 6.07 Å². The fraction of sp³-hybridized carbons (Fsp3) is 0.423. The number of ether oxygens (including phenoxy) is 1. The summed E-state index contributed by atoms with van der Waals surface area (Å²) in [5.74, 6) is -0.140. The number of hydrogen-bond donors (Lipinski definition) is 2. The fourth-order valence-corrected chi connectivity index (χ4v) is 5.41. The zero-order chi connectivity index (χ0) is 23.7. The minimum atomic E-state index is -0.684. The van der Waals surface area contributed by atoms with E-state index in [1.165, 1.54) is 24.0 Å². The molecule has 0 amide bonds. The molecule has 0 saturated heterocycles. The number of carboxylic acid groups (broad SMARTS) is 1. The van der Waals surface area contributed by atoms with Crippen molar-refractivity contribution in [1.82, 2.24) is 19.9 Å². The molecule has 2 aromatic heterocycles. The van der Waals surface area contributed by atoms with Gasteiger partial charge in [-0.05, 0) is 67.9 Å². The first kappa shape index (κ1) is 22.5. The molecule has 178 valence electrons. The summed E-state index contributed by atoms with van der Waals surface area (Å²) in [5.41, 5.74) is 4.21. The van der Waals surface area contributed by atoms with Crippen molar-refractivity contribution in [3.8, 4) is 17.0 Å². The zero-order valence-corrected chi connectivity index (χ0v) is 19.3. The van der Waals surface area contributed by atoms with Crippen LogP contribution < -0.4 is 4.74 Å². The van der Waals surface area contributed by atoms with Crippen LogP contribution in [0.3, 0.4) is 0 Å². The predicted octanol–water partition coefficient (Wildman–Crippen LogP) is 4.90. The number of halogens is 1. The standard InChI is InChI=1S/C26H29FN4O3/c1-34-23-7-4-18(27)13-20(23)25-21-14-22(30-26(21)29-15-28-25)17-8-10-31(11-9-17)19-5-2-16(3-6-19)12-24(32)33/h4,7-8,13-16,19H,2-3,5-6,9-12H2,1H3,(H,32,33)(H,28,29,30)/t16-,19-. The normalized spacial score (nSPS) is 21.4. The number of nitrogens with zero attached hydrogens (tertiary/aromatic N) is 3. The predicted molar refractivity (Wildman–Crippen MR) is 128 cm³/mol. The van der Waals surface area contributed by atoms with Gasteiger partial charge in [-0.25, -0.2) is 14.4 Å². The second-order valence-electron chi connectivity index (χ2n) is 9.26. The summed E-state index contributed by atoms with van der Waals surface area (Å²) in [5, 5.41) is 9.87. The molecule has 3 heterocycles. The van der Waals surface area contributed by atoms with E-state index in [0.717, 1.165) is 56.3 Å². The number of aromatic nitrogens is 3. The maximum atomic E-state index is 14.0. The van der Waals surface area contributed by atoms with E-state index >= 15 is 0 Å². The summed E-state index contributed by atoms with van der Waals surface area (Å²) in [6.45, 7) is 1.86. The van der Waals surface area contributed by atoms with Crippen LogP contribution >= 0.6 is 0 Å². The van der Waals surface area contributed by atoms with Gasteiger partial charge in [-0.3, -0.25) is 9.69 Å². The lowest BCUT2D eigenvalue weighted by atomic mass is 9.83. The van der Waals surface area contributed by atoms with Gasteiger partial charge in [0.1, 0.15) is 23.5 Å². The third-order valence-corrected chi connectivity index (χ3v) is 7.22. The highest BCUT2D eigenvalue weighted by Gasteiger charge is 2.28. The number of nitrogens with one attached hydrogen (secondary N) is 1. The molecule has 2 aliphatic rings. The van der Waals surface area contributed by atoms with Gasteiger partial charge in [0, 0.05) is 42.2 Å². The number of aliphatic carboxylic acids is 1. The molecule has 0 bridgehead atoms. The molecule has 2 N–H and O–H groups in total. The van der Waals surface area contributed by atoms with Gasteiger partial charge < -0.3 is 14.8 Å². The van der Waals surface area contributed by atoms with Crippen molar-refractivity contribution < 1.29 is 19.0 Å². The van der Waals surface area contributed by atoms with E-state index in [0.29, 0.717) is 41.0 Å². The number of rotatable bonds is 6. The lowest BCUT2D eigenvalue weighted by Gasteiger charge is -2.38. The van der Waals surface area contributed by atoms with Crippen LogP contribution in [0, 0.1) is 11.7 Å². The van der Waals surface area contributed by atoms with Crippen LogP contribution in [0.25, 0.3) is 27.9 Å². The fourth-order valence-electron chi connectivity index (χ4n) is 5.41. The molecule has 1 aliphatic carbocycles. The molecule has 0 spiro atoms. The van der Waals surface area contributed by atoms with Crippen molar-refractivity contribution in [2.24, 2.45) is 5.92 Å². The van der Waals surface area contributed by atoms with Crippen molar-refractivity contribution in [2.45, 2.75) is 44.6 Å². The molecule has 7 nitrogen and oxygen atoms in total. The number of carbonyl (C=O) groups is 1. The average Bonchev–Trinajstić information content (AvgIpc) is 3.29. The van der Waals surface area contributed by atoms with Gasteiger partial charge in [-0.2, -0.15) is 0 Å². The molecule has 1 aliphatic heterocycles. The van der Waals surface area contributed by atoms with Crippen molar-refractivity contribution >= 4 is 22.6 Å². The van der Waals surface area contributed by atoms with E-state index in [2.05, 4.69) is 25.9 Å². The van der Waals surface area contributed by atoms with Crippen LogP contribution in [0.2, 0.25) is 0 Å². The molecule has 0 atom stereocenters. The Labute approximate surface area is 197 Å². The number of aromatic amines is 1. The quantitative estimate of drug-likeness (QED) is 0.539. The molecule has 0 unspecified atom stereocenters. The second kappa shape index (κ2) is 9.54. The molecule has 1 fully saturated rings. The topological polar surface area (TPSA) is 91.3 Å². The summed E-state index contributed by atoms with van der Waals surface area (Å²) < 4.78 is 19.4. The van der Waals surface area contributed by atoms with Crippen LogP contribution in [-0.2, 0) is 4.79 Å². The Bertz CT molecular complexity index is 1230. The number of carboxylic acids is 1. The SMILES string of the molecule is COc1ccc(F)cc1-c1ncnc2[nH]c(C3=CCN([C@H]4CC[C@H](CC(=O)O)CC4)CC3)cc12. The third kappa shape index (κ3) is 4.55. The summed E-state index contributed by atoms with van der Waals surface area (Å²) in [7, 11) is 1.56. The molecule has 1 saturated carbocycles. The van der Waals surface area contributed by atoms with Crippen LogP contribution in [-0.4, -0.2) is 57.2 Å². The average molecular weight is 465 g/mol. The number of benzene rings is 1. The third-order valence-electron chi connectivity index (χ3n) is 7.22. The molecule has 8 heteroatoms. The number of hydrogen-bond acceptors (Lipinski definition) is 5. The lowest BCUT2D eigenvalue weighted by Crippen LogP contribution is -2.40. The molecule has 1 aromatic carbocycles. The van der Waals surface area contributed by atoms with Crippen molar-refractivity contribution in [1.29, 1.82) is 0 Å². The molecule has 0 radical (unpaired) electrons. The highest BCUT2D eigenvalue weighted by atomic mass is 19.1. The lowest BCUT2D eigenvalue weighted by molar-refractivity contribution is -0.138. The summed E-state index contributed by atoms with van der Waals surface area (Å²) in [4.78, 5) is 25.8. The van der Waals surface area contributed by atoms with Gasteiger partial charge in [0.05, 0.1) is 12.8 Å². The van der Waals surface area contributed by atoms with Crippen molar-refractivity contribution in [3.05, 3.63) is 48.2 Å². The smallest absolute Gasteiger partial charge is 0.303 e. The summed E-state index contributed by atoms with van der Waals surface area (Å²) in [6, 6.07) is 7.01. The van der Waals surface area contributed by atoms with Crippen LogP contribution in [0.15, 0.2) is 36.7 Å². The monoisotopic (exact) mass is 464 g/mol. The van der Waals surface area contributed by atoms with E-state index < -0.39 is 5.97 Å². The first-order valence-corrected chi connectivity index (χ1v) is 11.8. The van der Waals surface area contributed by atoms with Crippen LogP contribution in [0.5, 0.6) is 5.75 Å². The van der Waals surface area contributed by atoms with E-state index in [1.54, 1.807) is 13.2 Å². The first-order chi connectivity index (χ1) is 16.5. The highest BCUT2D eigenvalue weighted by molar-refractivity contribution is 5.94. The Morgan fingerprint density at radius 3 is 2.76 bits per heavy atom. The molecule has 34 heavy (non-hydrogen) atoms. The summed E-state index contributed by atoms with van der Waals surface area (Å²) in [6.07, 6.45) is 9.11. The molecular weight excluding hydrogens is 435 g/mol. The van der Waals surface area contributed by atoms with E-state index in [-0.39, 0.29) is 5.82 Å². The van der Waals surface area contributed by atoms with E-state index in [9.17, 15) is 9.18 Å². The van der Waals surface area contributed by atoms with Crippen molar-refractivity contribution in [2.75, 3.05) is 20.2 Å². The maximum absolute atomic E-state index is 14.0. The van der Waals surface area contributed by atoms with E-state index in [4.69, 9.17) is 9.84 Å². The number of fused-ring (bicyclic) bond motifs is 1. The second-order valence-corrected chi connectivity index (χ2v) is 9.26. The van der Waals surface area contributed by atoms with Gasteiger partial charge in [0.15, 0.2) is 0 Å². The van der Waals surface area contributed by atoms with Gasteiger partial charge in [0.2, 0.25) is 0 Å². The summed E-state index contributed by atoms with van der Waals surface area (Å²) >= 11 is 0. The molecule has 3 aromatic rings. The Morgan fingerprint density at radius 2 is 2.06 bits per heavy atom. The van der Waals surface area contributed by atoms with Gasteiger partial charge in [-0.15, -0.1) is 0 Å². The number of H-pyrrole nitrogens is 1. The number of methoxy groups -OCH3 is 1. The minimum Gasteiger partial charge on any atom is -0.496 e. The Balaban J connectivity index is 1.33. The zero-order valence-electron chi connectivity index (χ0n) is 19.3.